The van der Waals surface area contributed by atoms with Crippen molar-refractivity contribution in [1.29, 1.82) is 0 Å². The lowest BCUT2D eigenvalue weighted by atomic mass is 10.0. The van der Waals surface area contributed by atoms with Crippen molar-refractivity contribution >= 4 is 12.0 Å². The van der Waals surface area contributed by atoms with Crippen LogP contribution in [0.15, 0.2) is 30.3 Å². The average Bonchev–Trinajstić information content (AvgIpc) is 2.60. The summed E-state index contributed by atoms with van der Waals surface area (Å²) in [6.07, 6.45) is 1.02. The molecule has 0 saturated carbocycles. The summed E-state index contributed by atoms with van der Waals surface area (Å²) in [6, 6.07) is 9.14. The second-order valence-corrected chi connectivity index (χ2v) is 6.58. The Bertz CT molecular complexity index is 540. The summed E-state index contributed by atoms with van der Waals surface area (Å²) in [5.41, 5.74) is 6.87. The Kier molecular flexibility index (Phi) is 6.61. The van der Waals surface area contributed by atoms with E-state index >= 15 is 0 Å². The Labute approximate surface area is 143 Å². The van der Waals surface area contributed by atoms with Crippen molar-refractivity contribution in [3.8, 4) is 0 Å². The number of rotatable bonds is 5. The van der Waals surface area contributed by atoms with Crippen molar-refractivity contribution in [2.24, 2.45) is 11.7 Å². The molecule has 24 heavy (non-hydrogen) atoms. The van der Waals surface area contributed by atoms with Gasteiger partial charge in [-0.05, 0) is 24.3 Å². The number of amides is 2. The van der Waals surface area contributed by atoms with Crippen LogP contribution in [-0.2, 0) is 16.1 Å². The monoisotopic (exact) mass is 333 g/mol. The van der Waals surface area contributed by atoms with E-state index in [4.69, 9.17) is 10.5 Å². The van der Waals surface area contributed by atoms with Gasteiger partial charge in [-0.3, -0.25) is 4.79 Å². The van der Waals surface area contributed by atoms with Gasteiger partial charge in [0.1, 0.15) is 6.61 Å². The number of nitrogens with two attached hydrogens (primary N) is 1. The van der Waals surface area contributed by atoms with Gasteiger partial charge < -0.3 is 20.7 Å². The molecule has 132 valence electrons. The van der Waals surface area contributed by atoms with Crippen LogP contribution in [0.3, 0.4) is 0 Å². The quantitative estimate of drug-likeness (QED) is 0.862. The zero-order valence-corrected chi connectivity index (χ0v) is 14.4. The van der Waals surface area contributed by atoms with Crippen LogP contribution in [0.4, 0.5) is 4.79 Å². The summed E-state index contributed by atoms with van der Waals surface area (Å²) in [5.74, 6) is 0.122. The number of piperidine rings is 1. The zero-order chi connectivity index (χ0) is 17.5. The summed E-state index contributed by atoms with van der Waals surface area (Å²) in [5, 5.41) is 2.87. The van der Waals surface area contributed by atoms with Crippen LogP contribution >= 0.6 is 0 Å². The molecular weight excluding hydrogens is 306 g/mol. The highest BCUT2D eigenvalue weighted by atomic mass is 16.5. The number of carbonyl (C=O) groups is 2. The topological polar surface area (TPSA) is 84.7 Å². The molecule has 6 heteroatoms. The molecule has 0 aliphatic carbocycles. The molecule has 1 aliphatic rings. The molecule has 0 radical (unpaired) electrons. The van der Waals surface area contributed by atoms with Crippen LogP contribution in [0, 0.1) is 5.92 Å². The highest BCUT2D eigenvalue weighted by Gasteiger charge is 2.28. The fourth-order valence-electron chi connectivity index (χ4n) is 2.67. The lowest BCUT2D eigenvalue weighted by Crippen LogP contribution is -2.52. The van der Waals surface area contributed by atoms with Crippen LogP contribution in [0.5, 0.6) is 0 Å². The molecule has 1 atom stereocenters. The third-order valence-electron chi connectivity index (χ3n) is 4.34. The summed E-state index contributed by atoms with van der Waals surface area (Å²) < 4.78 is 5.22. The van der Waals surface area contributed by atoms with Gasteiger partial charge in [0.05, 0.1) is 6.04 Å². The minimum atomic E-state index is -0.453. The molecule has 3 N–H and O–H groups in total. The second kappa shape index (κ2) is 8.68. The summed E-state index contributed by atoms with van der Waals surface area (Å²) in [6.45, 7) is 5.37. The maximum atomic E-state index is 12.2. The van der Waals surface area contributed by atoms with Crippen LogP contribution in [0.1, 0.15) is 32.3 Å². The SMILES string of the molecule is CC(C)[C@H](N)C(=O)N1CCC(NC(=O)OCc2ccccc2)CC1. The number of carbonyl (C=O) groups excluding carboxylic acids is 2. The van der Waals surface area contributed by atoms with Crippen LogP contribution < -0.4 is 11.1 Å². The van der Waals surface area contributed by atoms with Gasteiger partial charge in [-0.15, -0.1) is 0 Å². The third-order valence-corrected chi connectivity index (χ3v) is 4.34. The summed E-state index contributed by atoms with van der Waals surface area (Å²) in [4.78, 5) is 25.9. The maximum absolute atomic E-state index is 12.2. The first kappa shape index (κ1) is 18.3. The van der Waals surface area contributed by atoms with Gasteiger partial charge in [0, 0.05) is 19.1 Å². The van der Waals surface area contributed by atoms with Crippen molar-refractivity contribution in [3.05, 3.63) is 35.9 Å². The van der Waals surface area contributed by atoms with Crippen molar-refractivity contribution in [1.82, 2.24) is 10.2 Å². The maximum Gasteiger partial charge on any atom is 0.407 e. The molecule has 0 aromatic heterocycles. The molecule has 2 rings (SSSR count). The predicted octanol–water partition coefficient (Wildman–Crippen LogP) is 1.89. The number of alkyl carbamates (subject to hydrolysis) is 1. The zero-order valence-electron chi connectivity index (χ0n) is 14.4. The minimum Gasteiger partial charge on any atom is -0.445 e. The van der Waals surface area contributed by atoms with Gasteiger partial charge in [-0.2, -0.15) is 0 Å². The smallest absolute Gasteiger partial charge is 0.407 e. The van der Waals surface area contributed by atoms with Crippen LogP contribution in [0.2, 0.25) is 0 Å². The van der Waals surface area contributed by atoms with E-state index in [-0.39, 0.29) is 24.5 Å². The number of hydrogen-bond acceptors (Lipinski definition) is 4. The highest BCUT2D eigenvalue weighted by molar-refractivity contribution is 5.82. The number of nitrogens with zero attached hydrogens (tertiary/aromatic N) is 1. The molecule has 6 nitrogen and oxygen atoms in total. The van der Waals surface area contributed by atoms with E-state index in [0.29, 0.717) is 13.1 Å². The van der Waals surface area contributed by atoms with Gasteiger partial charge in [-0.25, -0.2) is 4.79 Å². The Hall–Kier alpha value is -2.08. The van der Waals surface area contributed by atoms with Gasteiger partial charge in [0.25, 0.3) is 0 Å². The molecule has 1 heterocycles. The Morgan fingerprint density at radius 2 is 1.88 bits per heavy atom. The van der Waals surface area contributed by atoms with E-state index in [2.05, 4.69) is 5.32 Å². The van der Waals surface area contributed by atoms with E-state index in [1.165, 1.54) is 0 Å². The molecule has 1 aliphatic heterocycles. The van der Waals surface area contributed by atoms with E-state index < -0.39 is 12.1 Å². The first-order valence-corrected chi connectivity index (χ1v) is 8.49. The minimum absolute atomic E-state index is 0.00453. The number of benzene rings is 1. The molecule has 0 unspecified atom stereocenters. The largest absolute Gasteiger partial charge is 0.445 e. The average molecular weight is 333 g/mol. The van der Waals surface area contributed by atoms with Gasteiger partial charge in [0.15, 0.2) is 0 Å². The number of nitrogens with one attached hydrogen (secondary N) is 1. The van der Waals surface area contributed by atoms with Crippen molar-refractivity contribution in [3.63, 3.8) is 0 Å². The lowest BCUT2D eigenvalue weighted by Gasteiger charge is -2.34. The first-order valence-electron chi connectivity index (χ1n) is 8.49. The van der Waals surface area contributed by atoms with Crippen LogP contribution in [0.25, 0.3) is 0 Å². The Morgan fingerprint density at radius 1 is 1.25 bits per heavy atom. The lowest BCUT2D eigenvalue weighted by molar-refractivity contribution is -0.134. The van der Waals surface area contributed by atoms with Gasteiger partial charge >= 0.3 is 6.09 Å². The highest BCUT2D eigenvalue weighted by Crippen LogP contribution is 2.13. The molecule has 1 saturated heterocycles. The standard InChI is InChI=1S/C18H27N3O3/c1-13(2)16(19)17(22)21-10-8-15(9-11-21)20-18(23)24-12-14-6-4-3-5-7-14/h3-7,13,15-16H,8-12,19H2,1-2H3,(H,20,23)/t16-/m0/s1. The molecular formula is C18H27N3O3. The van der Waals surface area contributed by atoms with E-state index in [0.717, 1.165) is 18.4 Å². The van der Waals surface area contributed by atoms with Crippen molar-refractivity contribution in [2.45, 2.75) is 45.4 Å². The first-order chi connectivity index (χ1) is 11.5. The predicted molar refractivity (Wildman–Crippen MR) is 92.2 cm³/mol. The van der Waals surface area contributed by atoms with E-state index in [9.17, 15) is 9.59 Å². The van der Waals surface area contributed by atoms with E-state index in [1.807, 2.05) is 44.2 Å². The number of hydrogen-bond donors (Lipinski definition) is 2. The normalized spacial score (nSPS) is 16.8. The molecule has 0 bridgehead atoms. The summed E-state index contributed by atoms with van der Waals surface area (Å²) >= 11 is 0. The van der Waals surface area contributed by atoms with Crippen molar-refractivity contribution in [2.75, 3.05) is 13.1 Å². The van der Waals surface area contributed by atoms with Gasteiger partial charge in [-0.1, -0.05) is 44.2 Å². The fourth-order valence-corrected chi connectivity index (χ4v) is 2.67. The number of ether oxygens (including phenoxy) is 1. The Balaban J connectivity index is 1.71. The summed E-state index contributed by atoms with van der Waals surface area (Å²) in [7, 11) is 0. The molecule has 0 spiro atoms. The molecule has 1 aromatic rings. The van der Waals surface area contributed by atoms with Gasteiger partial charge in [0.2, 0.25) is 5.91 Å². The third kappa shape index (κ3) is 5.23. The fraction of sp³-hybridized carbons (Fsp3) is 0.556. The second-order valence-electron chi connectivity index (χ2n) is 6.58. The number of likely N-dealkylation sites (tertiary alicyclic amines) is 1. The molecule has 1 aromatic carbocycles. The molecule has 2 amide bonds. The molecule has 1 fully saturated rings. The van der Waals surface area contributed by atoms with E-state index in [1.54, 1.807) is 4.90 Å². The van der Waals surface area contributed by atoms with Crippen LogP contribution in [-0.4, -0.2) is 42.1 Å². The van der Waals surface area contributed by atoms with Crippen molar-refractivity contribution < 1.29 is 14.3 Å². The Morgan fingerprint density at radius 3 is 2.46 bits per heavy atom.